The Morgan fingerprint density at radius 1 is 1.43 bits per heavy atom. The largest absolute Gasteiger partial charge is 0.437 e. The van der Waals surface area contributed by atoms with Crippen LogP contribution < -0.4 is 5.32 Å². The van der Waals surface area contributed by atoms with Crippen molar-refractivity contribution < 1.29 is 9.21 Å². The van der Waals surface area contributed by atoms with E-state index in [9.17, 15) is 4.79 Å². The lowest BCUT2D eigenvalue weighted by Gasteiger charge is -2.00. The van der Waals surface area contributed by atoms with Crippen molar-refractivity contribution in [2.75, 3.05) is 5.32 Å². The minimum absolute atomic E-state index is 0.267. The van der Waals surface area contributed by atoms with Gasteiger partial charge in [0.1, 0.15) is 11.3 Å². The minimum Gasteiger partial charge on any atom is -0.437 e. The summed E-state index contributed by atoms with van der Waals surface area (Å²) in [7, 11) is 0. The highest BCUT2D eigenvalue weighted by molar-refractivity contribution is 6.01. The third kappa shape index (κ3) is 2.84. The van der Waals surface area contributed by atoms with Gasteiger partial charge in [-0.1, -0.05) is 19.1 Å². The van der Waals surface area contributed by atoms with Gasteiger partial charge in [-0.15, -0.1) is 0 Å². The molecule has 0 fully saturated rings. The molecule has 0 bridgehead atoms. The zero-order chi connectivity index (χ0) is 14.7. The van der Waals surface area contributed by atoms with Crippen molar-refractivity contribution in [1.29, 1.82) is 0 Å². The van der Waals surface area contributed by atoms with Gasteiger partial charge in [0.05, 0.1) is 6.20 Å². The molecule has 0 saturated heterocycles. The molecule has 0 aliphatic carbocycles. The highest BCUT2D eigenvalue weighted by atomic mass is 16.3. The van der Waals surface area contributed by atoms with Crippen LogP contribution in [0.2, 0.25) is 0 Å². The summed E-state index contributed by atoms with van der Waals surface area (Å²) in [6, 6.07) is 7.44. The van der Waals surface area contributed by atoms with E-state index in [1.807, 2.05) is 31.2 Å². The lowest BCUT2D eigenvalue weighted by atomic mass is 10.2. The van der Waals surface area contributed by atoms with Gasteiger partial charge in [-0.05, 0) is 18.6 Å². The molecule has 3 aromatic rings. The highest BCUT2D eigenvalue weighted by Crippen LogP contribution is 2.16. The van der Waals surface area contributed by atoms with Gasteiger partial charge >= 0.3 is 0 Å². The van der Waals surface area contributed by atoms with Crippen LogP contribution in [0.4, 0.5) is 5.82 Å². The summed E-state index contributed by atoms with van der Waals surface area (Å²) in [6.07, 6.45) is 5.41. The SMILES string of the molecule is CCc1cn[nH]c1NC(=O)/C=C/c1nc2ccccc2o1. The van der Waals surface area contributed by atoms with Gasteiger partial charge in [0, 0.05) is 17.7 Å². The molecule has 106 valence electrons. The number of amides is 1. The zero-order valence-corrected chi connectivity index (χ0v) is 11.5. The van der Waals surface area contributed by atoms with E-state index in [1.165, 1.54) is 12.2 Å². The summed E-state index contributed by atoms with van der Waals surface area (Å²) >= 11 is 0. The molecule has 1 amide bonds. The second kappa shape index (κ2) is 5.62. The first kappa shape index (κ1) is 13.1. The van der Waals surface area contributed by atoms with Crippen molar-refractivity contribution in [3.05, 3.63) is 48.0 Å². The molecule has 0 aliphatic rings. The molecule has 21 heavy (non-hydrogen) atoms. The van der Waals surface area contributed by atoms with Crippen molar-refractivity contribution in [2.24, 2.45) is 0 Å². The van der Waals surface area contributed by atoms with Gasteiger partial charge in [-0.25, -0.2) is 4.98 Å². The number of aryl methyl sites for hydroxylation is 1. The second-order valence-corrected chi connectivity index (χ2v) is 4.47. The number of hydrogen-bond acceptors (Lipinski definition) is 4. The van der Waals surface area contributed by atoms with Gasteiger partial charge in [-0.2, -0.15) is 5.10 Å². The molecule has 6 nitrogen and oxygen atoms in total. The Morgan fingerprint density at radius 2 is 2.29 bits per heavy atom. The Bertz CT molecular complexity index is 768. The van der Waals surface area contributed by atoms with Crippen LogP contribution in [0.25, 0.3) is 17.2 Å². The Kier molecular flexibility index (Phi) is 3.51. The van der Waals surface area contributed by atoms with Crippen LogP contribution in [0, 0.1) is 0 Å². The van der Waals surface area contributed by atoms with E-state index >= 15 is 0 Å². The molecule has 0 aliphatic heterocycles. The fourth-order valence-corrected chi connectivity index (χ4v) is 1.96. The monoisotopic (exact) mass is 282 g/mol. The molecule has 0 unspecified atom stereocenters. The maximum absolute atomic E-state index is 11.9. The Morgan fingerprint density at radius 3 is 3.10 bits per heavy atom. The Hall–Kier alpha value is -2.89. The number of nitrogens with zero attached hydrogens (tertiary/aromatic N) is 2. The number of para-hydroxylation sites is 2. The van der Waals surface area contributed by atoms with E-state index in [0.717, 1.165) is 17.5 Å². The summed E-state index contributed by atoms with van der Waals surface area (Å²) < 4.78 is 5.50. The number of aromatic amines is 1. The topological polar surface area (TPSA) is 83.8 Å². The van der Waals surface area contributed by atoms with Gasteiger partial charge < -0.3 is 9.73 Å². The molecule has 0 spiro atoms. The van der Waals surface area contributed by atoms with Gasteiger partial charge in [-0.3, -0.25) is 9.89 Å². The maximum atomic E-state index is 11.9. The van der Waals surface area contributed by atoms with Crippen molar-refractivity contribution >= 4 is 28.9 Å². The number of nitrogens with one attached hydrogen (secondary N) is 2. The molecule has 6 heteroatoms. The summed E-state index contributed by atoms with van der Waals surface area (Å²) in [6.45, 7) is 1.99. The van der Waals surface area contributed by atoms with Crippen molar-refractivity contribution in [2.45, 2.75) is 13.3 Å². The third-order valence-electron chi connectivity index (χ3n) is 3.03. The van der Waals surface area contributed by atoms with Crippen LogP contribution in [0.3, 0.4) is 0 Å². The predicted octanol–water partition coefficient (Wildman–Crippen LogP) is 2.77. The molecular weight excluding hydrogens is 268 g/mol. The van der Waals surface area contributed by atoms with E-state index in [2.05, 4.69) is 20.5 Å². The second-order valence-electron chi connectivity index (χ2n) is 4.47. The number of H-pyrrole nitrogens is 1. The Labute approximate surface area is 120 Å². The first-order valence-corrected chi connectivity index (χ1v) is 6.63. The van der Waals surface area contributed by atoms with E-state index in [1.54, 1.807) is 6.20 Å². The lowest BCUT2D eigenvalue weighted by molar-refractivity contribution is -0.111. The highest BCUT2D eigenvalue weighted by Gasteiger charge is 2.06. The smallest absolute Gasteiger partial charge is 0.249 e. The van der Waals surface area contributed by atoms with Crippen molar-refractivity contribution in [1.82, 2.24) is 15.2 Å². The average molecular weight is 282 g/mol. The first-order chi connectivity index (χ1) is 10.3. The number of fused-ring (bicyclic) bond motifs is 1. The minimum atomic E-state index is -0.267. The maximum Gasteiger partial charge on any atom is 0.249 e. The number of anilines is 1. The summed E-state index contributed by atoms with van der Waals surface area (Å²) in [5.74, 6) is 0.743. The first-order valence-electron chi connectivity index (χ1n) is 6.63. The quantitative estimate of drug-likeness (QED) is 0.721. The molecular formula is C15H14N4O2. The van der Waals surface area contributed by atoms with Crippen LogP contribution in [-0.2, 0) is 11.2 Å². The summed E-state index contributed by atoms with van der Waals surface area (Å²) in [4.78, 5) is 16.1. The van der Waals surface area contributed by atoms with Crippen LogP contribution in [0.1, 0.15) is 18.4 Å². The van der Waals surface area contributed by atoms with Crippen LogP contribution >= 0.6 is 0 Å². The van der Waals surface area contributed by atoms with Crippen LogP contribution in [-0.4, -0.2) is 21.1 Å². The third-order valence-corrected chi connectivity index (χ3v) is 3.03. The molecule has 0 saturated carbocycles. The number of benzene rings is 1. The summed E-state index contributed by atoms with van der Waals surface area (Å²) in [5.41, 5.74) is 2.41. The fraction of sp³-hybridized carbons (Fsp3) is 0.133. The normalized spacial score (nSPS) is 11.3. The lowest BCUT2D eigenvalue weighted by Crippen LogP contribution is -2.09. The molecule has 1 aromatic carbocycles. The predicted molar refractivity (Wildman–Crippen MR) is 79.6 cm³/mol. The number of carbonyl (C=O) groups is 1. The van der Waals surface area contributed by atoms with Gasteiger partial charge in [0.2, 0.25) is 11.8 Å². The molecule has 2 heterocycles. The van der Waals surface area contributed by atoms with Gasteiger partial charge in [0.15, 0.2) is 5.58 Å². The Balaban J connectivity index is 1.72. The van der Waals surface area contributed by atoms with Crippen molar-refractivity contribution in [3.63, 3.8) is 0 Å². The van der Waals surface area contributed by atoms with E-state index < -0.39 is 0 Å². The summed E-state index contributed by atoms with van der Waals surface area (Å²) in [5, 5.41) is 9.38. The molecule has 2 aromatic heterocycles. The number of aromatic nitrogens is 3. The van der Waals surface area contributed by atoms with Crippen LogP contribution in [0.5, 0.6) is 0 Å². The number of rotatable bonds is 4. The van der Waals surface area contributed by atoms with E-state index in [0.29, 0.717) is 17.3 Å². The van der Waals surface area contributed by atoms with Gasteiger partial charge in [0.25, 0.3) is 0 Å². The number of hydrogen-bond donors (Lipinski definition) is 2. The van der Waals surface area contributed by atoms with E-state index in [-0.39, 0.29) is 5.91 Å². The molecule has 2 N–H and O–H groups in total. The van der Waals surface area contributed by atoms with Crippen molar-refractivity contribution in [3.8, 4) is 0 Å². The number of carbonyl (C=O) groups excluding carboxylic acids is 1. The number of oxazole rings is 1. The zero-order valence-electron chi connectivity index (χ0n) is 11.5. The fourth-order valence-electron chi connectivity index (χ4n) is 1.96. The standard InChI is InChI=1S/C15H14N4O2/c1-2-10-9-16-19-15(10)18-13(20)7-8-14-17-11-5-3-4-6-12(11)21-14/h3-9H,2H2,1H3,(H2,16,18,19,20)/b8-7+. The average Bonchev–Trinajstić information content (AvgIpc) is 3.10. The van der Waals surface area contributed by atoms with E-state index in [4.69, 9.17) is 4.42 Å². The molecule has 0 radical (unpaired) electrons. The molecule has 3 rings (SSSR count). The van der Waals surface area contributed by atoms with Crippen LogP contribution in [0.15, 0.2) is 41.0 Å². The molecule has 0 atom stereocenters.